The average Bonchev–Trinajstić information content (AvgIpc) is 3.10. The number of aromatic amines is 1. The van der Waals surface area contributed by atoms with Gasteiger partial charge in [0.1, 0.15) is 0 Å². The van der Waals surface area contributed by atoms with E-state index in [1.807, 2.05) is 47.8 Å². The third kappa shape index (κ3) is 4.40. The second-order valence-corrected chi connectivity index (χ2v) is 8.36. The minimum atomic E-state index is 1.03. The number of pyridine rings is 1. The van der Waals surface area contributed by atoms with E-state index in [0.717, 1.165) is 38.2 Å². The number of hydrogen-bond donors (Lipinski definition) is 1. The highest BCUT2D eigenvalue weighted by Crippen LogP contribution is 2.23. The van der Waals surface area contributed by atoms with E-state index < -0.39 is 0 Å². The zero-order valence-electron chi connectivity index (χ0n) is 14.5. The number of para-hydroxylation sites is 3. The molecule has 132 valence electrons. The molecule has 26 heavy (non-hydrogen) atoms. The highest BCUT2D eigenvalue weighted by Gasteiger charge is 2.02. The summed E-state index contributed by atoms with van der Waals surface area (Å²) in [7, 11) is 0. The number of imidazole rings is 1. The SMILES string of the molecule is c1ccc2nc(SCCCCCSc3nc4ccccc4[nH]3)ccc2c1. The Hall–Kier alpha value is -1.98. The van der Waals surface area contributed by atoms with E-state index in [1.165, 1.54) is 24.6 Å². The maximum atomic E-state index is 4.72. The summed E-state index contributed by atoms with van der Waals surface area (Å²) in [6, 6.07) is 20.8. The standard InChI is InChI=1S/C21H21N3S2/c1(7-15-26-21-23-18-10-4-5-11-19(18)24-21)6-14-25-20-13-12-16-8-2-3-9-17(16)22-20/h2-5,8-13H,1,6-7,14-15H2,(H,23,24). The molecule has 0 aliphatic heterocycles. The summed E-state index contributed by atoms with van der Waals surface area (Å²) in [6.07, 6.45) is 3.68. The molecule has 0 saturated heterocycles. The smallest absolute Gasteiger partial charge is 0.166 e. The Morgan fingerprint density at radius 3 is 2.35 bits per heavy atom. The molecule has 0 fully saturated rings. The largest absolute Gasteiger partial charge is 0.333 e. The van der Waals surface area contributed by atoms with Crippen molar-refractivity contribution >= 4 is 45.5 Å². The van der Waals surface area contributed by atoms with Crippen molar-refractivity contribution in [2.24, 2.45) is 0 Å². The highest BCUT2D eigenvalue weighted by molar-refractivity contribution is 7.99. The Kier molecular flexibility index (Phi) is 5.77. The van der Waals surface area contributed by atoms with Crippen molar-refractivity contribution in [1.29, 1.82) is 0 Å². The predicted molar refractivity (Wildman–Crippen MR) is 113 cm³/mol. The zero-order valence-corrected chi connectivity index (χ0v) is 16.2. The van der Waals surface area contributed by atoms with Gasteiger partial charge in [0.25, 0.3) is 0 Å². The van der Waals surface area contributed by atoms with Crippen LogP contribution in [0, 0.1) is 0 Å². The number of benzene rings is 2. The van der Waals surface area contributed by atoms with Crippen LogP contribution >= 0.6 is 23.5 Å². The molecule has 0 bridgehead atoms. The van der Waals surface area contributed by atoms with Crippen LogP contribution in [0.5, 0.6) is 0 Å². The third-order valence-electron chi connectivity index (χ3n) is 4.22. The lowest BCUT2D eigenvalue weighted by Gasteiger charge is -2.03. The van der Waals surface area contributed by atoms with Gasteiger partial charge in [0, 0.05) is 11.1 Å². The molecule has 0 unspecified atom stereocenters. The lowest BCUT2D eigenvalue weighted by molar-refractivity contribution is 0.784. The molecule has 0 saturated carbocycles. The number of nitrogens with one attached hydrogen (secondary N) is 1. The van der Waals surface area contributed by atoms with E-state index >= 15 is 0 Å². The lowest BCUT2D eigenvalue weighted by atomic mass is 10.2. The van der Waals surface area contributed by atoms with Crippen LogP contribution in [0.15, 0.2) is 70.8 Å². The van der Waals surface area contributed by atoms with Gasteiger partial charge in [0.15, 0.2) is 5.16 Å². The molecule has 0 amide bonds. The maximum absolute atomic E-state index is 4.72. The number of nitrogens with zero attached hydrogens (tertiary/aromatic N) is 2. The number of rotatable bonds is 8. The van der Waals surface area contributed by atoms with Crippen molar-refractivity contribution in [3.05, 3.63) is 60.7 Å². The van der Waals surface area contributed by atoms with Gasteiger partial charge < -0.3 is 4.98 Å². The van der Waals surface area contributed by atoms with Crippen LogP contribution in [0.25, 0.3) is 21.9 Å². The first-order chi connectivity index (χ1) is 12.9. The summed E-state index contributed by atoms with van der Waals surface area (Å²) in [5.74, 6) is 2.24. The van der Waals surface area contributed by atoms with Gasteiger partial charge >= 0.3 is 0 Å². The fraction of sp³-hybridized carbons (Fsp3) is 0.238. The zero-order chi connectivity index (χ0) is 17.6. The molecule has 3 nitrogen and oxygen atoms in total. The van der Waals surface area contributed by atoms with Crippen molar-refractivity contribution in [3.8, 4) is 0 Å². The molecule has 0 atom stereocenters. The average molecular weight is 380 g/mol. The first-order valence-electron chi connectivity index (χ1n) is 8.95. The molecule has 2 heterocycles. The van der Waals surface area contributed by atoms with E-state index in [9.17, 15) is 0 Å². The first-order valence-corrected chi connectivity index (χ1v) is 10.9. The summed E-state index contributed by atoms with van der Waals surface area (Å²) >= 11 is 3.67. The number of aromatic nitrogens is 3. The van der Waals surface area contributed by atoms with Crippen molar-refractivity contribution in [2.45, 2.75) is 29.4 Å². The van der Waals surface area contributed by atoms with E-state index in [-0.39, 0.29) is 0 Å². The summed E-state index contributed by atoms with van der Waals surface area (Å²) < 4.78 is 0. The van der Waals surface area contributed by atoms with Crippen molar-refractivity contribution < 1.29 is 0 Å². The molecule has 5 heteroatoms. The Bertz CT molecular complexity index is 964. The van der Waals surface area contributed by atoms with Gasteiger partial charge in [-0.2, -0.15) is 0 Å². The van der Waals surface area contributed by atoms with E-state index in [2.05, 4.69) is 46.4 Å². The van der Waals surface area contributed by atoms with Gasteiger partial charge in [-0.05, 0) is 42.9 Å². The number of H-pyrrole nitrogens is 1. The summed E-state index contributed by atoms with van der Waals surface area (Å²) in [5, 5.41) is 3.36. The quantitative estimate of drug-likeness (QED) is 0.294. The molecule has 2 aromatic carbocycles. The molecule has 1 N–H and O–H groups in total. The molecule has 0 radical (unpaired) electrons. The van der Waals surface area contributed by atoms with Crippen LogP contribution < -0.4 is 0 Å². The van der Waals surface area contributed by atoms with Gasteiger partial charge in [0.2, 0.25) is 0 Å². The molecular formula is C21H21N3S2. The Morgan fingerprint density at radius 2 is 1.46 bits per heavy atom. The predicted octanol–water partition coefficient (Wildman–Crippen LogP) is 6.17. The number of unbranched alkanes of at least 4 members (excludes halogenated alkanes) is 2. The van der Waals surface area contributed by atoms with Crippen molar-refractivity contribution in [2.75, 3.05) is 11.5 Å². The van der Waals surface area contributed by atoms with Gasteiger partial charge in [-0.3, -0.25) is 0 Å². The van der Waals surface area contributed by atoms with Gasteiger partial charge in [-0.25, -0.2) is 9.97 Å². The van der Waals surface area contributed by atoms with Crippen LogP contribution in [0.4, 0.5) is 0 Å². The Balaban J connectivity index is 1.16. The first kappa shape index (κ1) is 17.4. The molecule has 0 aliphatic rings. The number of fused-ring (bicyclic) bond motifs is 2. The topological polar surface area (TPSA) is 41.6 Å². The fourth-order valence-electron chi connectivity index (χ4n) is 2.85. The van der Waals surface area contributed by atoms with Crippen LogP contribution in [0.1, 0.15) is 19.3 Å². The van der Waals surface area contributed by atoms with E-state index in [0.29, 0.717) is 0 Å². The highest BCUT2D eigenvalue weighted by atomic mass is 32.2. The van der Waals surface area contributed by atoms with Crippen LogP contribution in [0.2, 0.25) is 0 Å². The van der Waals surface area contributed by atoms with Gasteiger partial charge in [-0.15, -0.1) is 11.8 Å². The molecule has 4 aromatic rings. The van der Waals surface area contributed by atoms with Crippen molar-refractivity contribution in [1.82, 2.24) is 15.0 Å². The molecular weight excluding hydrogens is 358 g/mol. The van der Waals surface area contributed by atoms with Gasteiger partial charge in [0.05, 0.1) is 21.6 Å². The summed E-state index contributed by atoms with van der Waals surface area (Å²) in [4.78, 5) is 12.7. The normalized spacial score (nSPS) is 11.4. The second-order valence-electron chi connectivity index (χ2n) is 6.16. The van der Waals surface area contributed by atoms with Crippen LogP contribution in [-0.4, -0.2) is 26.5 Å². The van der Waals surface area contributed by atoms with Gasteiger partial charge in [-0.1, -0.05) is 54.6 Å². The minimum Gasteiger partial charge on any atom is -0.333 e. The third-order valence-corrected chi connectivity index (χ3v) is 6.19. The summed E-state index contributed by atoms with van der Waals surface area (Å²) in [5.41, 5.74) is 3.25. The molecule has 4 rings (SSSR count). The monoisotopic (exact) mass is 379 g/mol. The van der Waals surface area contributed by atoms with E-state index in [1.54, 1.807) is 0 Å². The van der Waals surface area contributed by atoms with Crippen LogP contribution in [-0.2, 0) is 0 Å². The minimum absolute atomic E-state index is 1.03. The maximum Gasteiger partial charge on any atom is 0.166 e. The Morgan fingerprint density at radius 1 is 0.692 bits per heavy atom. The molecule has 0 aliphatic carbocycles. The van der Waals surface area contributed by atoms with E-state index in [4.69, 9.17) is 4.98 Å². The fourth-order valence-corrected chi connectivity index (χ4v) is 4.62. The number of hydrogen-bond acceptors (Lipinski definition) is 4. The molecule has 0 spiro atoms. The van der Waals surface area contributed by atoms with Crippen molar-refractivity contribution in [3.63, 3.8) is 0 Å². The number of thioether (sulfide) groups is 2. The molecule has 2 aromatic heterocycles. The summed E-state index contributed by atoms with van der Waals surface area (Å²) in [6.45, 7) is 0. The lowest BCUT2D eigenvalue weighted by Crippen LogP contribution is -1.87. The Labute approximate surface area is 162 Å². The van der Waals surface area contributed by atoms with Crippen LogP contribution in [0.3, 0.4) is 0 Å². The second kappa shape index (κ2) is 8.60.